The average Bonchev–Trinajstić information content (AvgIpc) is 2.47. The molecule has 0 radical (unpaired) electrons. The number of hydrogen-bond donors (Lipinski definition) is 0. The van der Waals surface area contributed by atoms with Crippen LogP contribution in [0.25, 0.3) is 0 Å². The monoisotopic (exact) mass is 392 g/mol. The van der Waals surface area contributed by atoms with Gasteiger partial charge in [0, 0.05) is 22.2 Å². The highest BCUT2D eigenvalue weighted by molar-refractivity contribution is 7.99. The first-order chi connectivity index (χ1) is 10.5. The van der Waals surface area contributed by atoms with Gasteiger partial charge in [0.15, 0.2) is 0 Å². The van der Waals surface area contributed by atoms with Crippen LogP contribution in [0.4, 0.5) is 0 Å². The molecule has 0 saturated heterocycles. The lowest BCUT2D eigenvalue weighted by molar-refractivity contribution is 0.454. The Morgan fingerprint density at radius 2 is 1.23 bits per heavy atom. The third-order valence-electron chi connectivity index (χ3n) is 3.60. The third kappa shape index (κ3) is 2.59. The number of fused-ring (bicyclic) bond motifs is 2. The summed E-state index contributed by atoms with van der Waals surface area (Å²) in [6.07, 6.45) is 1.51. The molecule has 0 N–H and O–H groups in total. The number of benzene rings is 2. The first-order valence-corrected chi connectivity index (χ1v) is 9.18. The molecule has 1 nitrogen and oxygen atoms in total. The molecule has 0 fully saturated rings. The second-order valence-corrected chi connectivity index (χ2v) is 7.46. The van der Waals surface area contributed by atoms with E-state index in [2.05, 4.69) is 0 Å². The van der Waals surface area contributed by atoms with E-state index < -0.39 is 0 Å². The first-order valence-electron chi connectivity index (χ1n) is 6.85. The normalized spacial score (nSPS) is 12.6. The van der Waals surface area contributed by atoms with Gasteiger partial charge in [0.2, 0.25) is 0 Å². The van der Waals surface area contributed by atoms with Crippen LogP contribution in [-0.2, 0) is 12.8 Å². The van der Waals surface area contributed by atoms with Gasteiger partial charge >= 0.3 is 0 Å². The molecular formula is C16H12Cl4OS. The summed E-state index contributed by atoms with van der Waals surface area (Å²) >= 11 is 27.1. The minimum absolute atomic E-state index is 0.609. The van der Waals surface area contributed by atoms with Crippen LogP contribution < -0.4 is 4.74 Å². The fourth-order valence-electron chi connectivity index (χ4n) is 2.45. The Labute approximate surface area is 153 Å². The van der Waals surface area contributed by atoms with Crippen LogP contribution in [0.5, 0.6) is 11.5 Å². The molecule has 116 valence electrons. The van der Waals surface area contributed by atoms with Crippen LogP contribution in [0.15, 0.2) is 21.9 Å². The van der Waals surface area contributed by atoms with Crippen molar-refractivity contribution < 1.29 is 4.74 Å². The largest absolute Gasteiger partial charge is 0.455 e. The van der Waals surface area contributed by atoms with E-state index in [-0.39, 0.29) is 0 Å². The van der Waals surface area contributed by atoms with Crippen molar-refractivity contribution in [2.75, 3.05) is 0 Å². The molecule has 3 rings (SSSR count). The van der Waals surface area contributed by atoms with Crippen LogP contribution in [-0.4, -0.2) is 0 Å². The lowest BCUT2D eigenvalue weighted by Gasteiger charge is -2.24. The zero-order chi connectivity index (χ0) is 16.0. The van der Waals surface area contributed by atoms with E-state index in [1.165, 1.54) is 11.8 Å². The van der Waals surface area contributed by atoms with Gasteiger partial charge in [0.25, 0.3) is 0 Å². The van der Waals surface area contributed by atoms with Crippen LogP contribution in [0.2, 0.25) is 20.1 Å². The second-order valence-electron chi connectivity index (χ2n) is 4.87. The van der Waals surface area contributed by atoms with Gasteiger partial charge in [-0.15, -0.1) is 0 Å². The third-order valence-corrected chi connectivity index (χ3v) is 6.55. The summed E-state index contributed by atoms with van der Waals surface area (Å²) in [7, 11) is 0. The summed E-state index contributed by atoms with van der Waals surface area (Å²) in [5, 5.41) is 2.48. The molecule has 1 aliphatic heterocycles. The predicted octanol–water partition coefficient (Wildman–Crippen LogP) is 7.68. The number of halogens is 4. The maximum atomic E-state index is 6.50. The smallest absolute Gasteiger partial charge is 0.144 e. The zero-order valence-electron chi connectivity index (χ0n) is 11.9. The molecule has 0 saturated carbocycles. The molecule has 0 amide bonds. The van der Waals surface area contributed by atoms with Gasteiger partial charge in [0.05, 0.1) is 19.8 Å². The van der Waals surface area contributed by atoms with E-state index >= 15 is 0 Å². The Morgan fingerprint density at radius 3 is 1.59 bits per heavy atom. The van der Waals surface area contributed by atoms with E-state index in [0.717, 1.165) is 33.8 Å². The fraction of sp³-hybridized carbons (Fsp3) is 0.250. The topological polar surface area (TPSA) is 9.23 Å². The van der Waals surface area contributed by atoms with Gasteiger partial charge in [-0.05, 0) is 24.0 Å². The van der Waals surface area contributed by atoms with E-state index in [4.69, 9.17) is 51.1 Å². The van der Waals surface area contributed by atoms with Crippen molar-refractivity contribution in [1.82, 2.24) is 0 Å². The minimum atomic E-state index is 0.609. The fourth-order valence-corrected chi connectivity index (χ4v) is 5.12. The van der Waals surface area contributed by atoms with Crippen LogP contribution in [0.3, 0.4) is 0 Å². The molecule has 2 aromatic carbocycles. The molecule has 0 spiro atoms. The molecule has 0 bridgehead atoms. The van der Waals surface area contributed by atoms with Crippen molar-refractivity contribution >= 4 is 58.2 Å². The van der Waals surface area contributed by atoms with E-state index in [1.807, 2.05) is 13.8 Å². The van der Waals surface area contributed by atoms with Crippen molar-refractivity contribution in [3.05, 3.63) is 43.4 Å². The van der Waals surface area contributed by atoms with Gasteiger partial charge in [-0.25, -0.2) is 0 Å². The van der Waals surface area contributed by atoms with E-state index in [1.54, 1.807) is 12.1 Å². The SMILES string of the molecule is CCc1c(Cl)cc2c(c1Cl)Sc1c(cc(Cl)c(CC)c1Cl)O2. The highest BCUT2D eigenvalue weighted by Crippen LogP contribution is 2.55. The van der Waals surface area contributed by atoms with Crippen LogP contribution in [0.1, 0.15) is 25.0 Å². The van der Waals surface area contributed by atoms with Gasteiger partial charge in [-0.2, -0.15) is 0 Å². The van der Waals surface area contributed by atoms with Gasteiger partial charge in [-0.3, -0.25) is 0 Å². The maximum absolute atomic E-state index is 6.50. The van der Waals surface area contributed by atoms with Crippen LogP contribution in [0, 0.1) is 0 Å². The van der Waals surface area contributed by atoms with Crippen LogP contribution >= 0.6 is 58.2 Å². The average molecular weight is 394 g/mol. The van der Waals surface area contributed by atoms with Gasteiger partial charge in [0.1, 0.15) is 11.5 Å². The second kappa shape index (κ2) is 6.33. The molecule has 1 heterocycles. The summed E-state index contributed by atoms with van der Waals surface area (Å²) < 4.78 is 5.94. The van der Waals surface area contributed by atoms with Gasteiger partial charge in [-0.1, -0.05) is 72.0 Å². The lowest BCUT2D eigenvalue weighted by atomic mass is 10.1. The zero-order valence-corrected chi connectivity index (χ0v) is 15.7. The molecule has 6 heteroatoms. The molecule has 2 aromatic rings. The van der Waals surface area contributed by atoms with E-state index in [9.17, 15) is 0 Å². The summed E-state index contributed by atoms with van der Waals surface area (Å²) in [6.45, 7) is 4.04. The van der Waals surface area contributed by atoms with Crippen molar-refractivity contribution in [3.8, 4) is 11.5 Å². The van der Waals surface area contributed by atoms with Gasteiger partial charge < -0.3 is 4.74 Å². The molecule has 0 aliphatic carbocycles. The Balaban J connectivity index is 2.19. The lowest BCUT2D eigenvalue weighted by Crippen LogP contribution is -2.01. The molecule has 1 aliphatic rings. The van der Waals surface area contributed by atoms with E-state index in [0.29, 0.717) is 31.6 Å². The summed E-state index contributed by atoms with van der Waals surface area (Å²) in [5.74, 6) is 1.28. The molecule has 0 aromatic heterocycles. The number of rotatable bonds is 2. The quantitative estimate of drug-likeness (QED) is 0.441. The molecule has 0 unspecified atom stereocenters. The Kier molecular flexibility index (Phi) is 4.78. The minimum Gasteiger partial charge on any atom is -0.455 e. The van der Waals surface area contributed by atoms with Crippen molar-refractivity contribution in [2.24, 2.45) is 0 Å². The Morgan fingerprint density at radius 1 is 0.818 bits per heavy atom. The number of ether oxygens (including phenoxy) is 1. The molecular weight excluding hydrogens is 382 g/mol. The Hall–Kier alpha value is -0.250. The number of hydrogen-bond acceptors (Lipinski definition) is 2. The van der Waals surface area contributed by atoms with Crippen molar-refractivity contribution in [3.63, 3.8) is 0 Å². The first kappa shape index (κ1) is 16.6. The van der Waals surface area contributed by atoms with Crippen molar-refractivity contribution in [2.45, 2.75) is 36.5 Å². The highest BCUT2D eigenvalue weighted by atomic mass is 35.5. The summed E-state index contributed by atoms with van der Waals surface area (Å²) in [6, 6.07) is 3.60. The standard InChI is InChI=1S/C16H12Cl4OS/c1-3-7-9(17)5-11-15(13(7)19)22-16-12(21-11)6-10(18)8(4-2)14(16)20/h5-6H,3-4H2,1-2H3. The summed E-state index contributed by atoms with van der Waals surface area (Å²) in [4.78, 5) is 1.70. The highest BCUT2D eigenvalue weighted by Gasteiger charge is 2.27. The molecule has 0 atom stereocenters. The van der Waals surface area contributed by atoms with Crippen molar-refractivity contribution in [1.29, 1.82) is 0 Å². The summed E-state index contributed by atoms with van der Waals surface area (Å²) in [5.41, 5.74) is 1.84. The maximum Gasteiger partial charge on any atom is 0.144 e. The molecule has 22 heavy (non-hydrogen) atoms. The Bertz CT molecular complexity index is 710. The predicted molar refractivity (Wildman–Crippen MR) is 95.9 cm³/mol.